The van der Waals surface area contributed by atoms with E-state index in [9.17, 15) is 9.59 Å². The highest BCUT2D eigenvalue weighted by Crippen LogP contribution is 2.17. The third-order valence-electron chi connectivity index (χ3n) is 4.23. The number of carbonyl (C=O) groups excluding carboxylic acids is 2. The van der Waals surface area contributed by atoms with E-state index in [1.54, 1.807) is 31.2 Å². The molecule has 0 spiro atoms. The maximum absolute atomic E-state index is 12.2. The van der Waals surface area contributed by atoms with Crippen LogP contribution in [0.25, 0.3) is 11.4 Å². The fourth-order valence-corrected chi connectivity index (χ4v) is 2.75. The monoisotopic (exact) mass is 378 g/mol. The second kappa shape index (κ2) is 8.47. The second-order valence-corrected chi connectivity index (χ2v) is 6.59. The second-order valence-electron chi connectivity index (χ2n) is 6.59. The summed E-state index contributed by atoms with van der Waals surface area (Å²) >= 11 is 0. The van der Waals surface area contributed by atoms with Crippen molar-refractivity contribution in [1.29, 1.82) is 0 Å². The zero-order chi connectivity index (χ0) is 20.1. The van der Waals surface area contributed by atoms with Gasteiger partial charge in [0.1, 0.15) is 0 Å². The number of nitrogens with zero attached hydrogens (tertiary/aromatic N) is 2. The Bertz CT molecular complexity index is 993. The van der Waals surface area contributed by atoms with Gasteiger partial charge in [0.15, 0.2) is 0 Å². The number of benzene rings is 2. The summed E-state index contributed by atoms with van der Waals surface area (Å²) in [4.78, 5) is 28.5. The van der Waals surface area contributed by atoms with Crippen molar-refractivity contribution in [2.45, 2.75) is 27.2 Å². The van der Waals surface area contributed by atoms with Crippen molar-refractivity contribution in [2.75, 3.05) is 11.9 Å². The predicted molar refractivity (Wildman–Crippen MR) is 106 cm³/mol. The first-order chi connectivity index (χ1) is 13.4. The molecule has 3 aromatic rings. The zero-order valence-electron chi connectivity index (χ0n) is 16.1. The van der Waals surface area contributed by atoms with E-state index in [0.29, 0.717) is 17.3 Å². The van der Waals surface area contributed by atoms with Crippen LogP contribution >= 0.6 is 0 Å². The Hall–Kier alpha value is -3.48. The van der Waals surface area contributed by atoms with Gasteiger partial charge in [-0.1, -0.05) is 35.0 Å². The first-order valence-electron chi connectivity index (χ1n) is 8.98. The molecule has 0 aliphatic heterocycles. The topological polar surface area (TPSA) is 97.1 Å². The molecule has 28 heavy (non-hydrogen) atoms. The van der Waals surface area contributed by atoms with Crippen LogP contribution in [0.5, 0.6) is 0 Å². The van der Waals surface area contributed by atoms with E-state index in [4.69, 9.17) is 4.52 Å². The molecular weight excluding hydrogens is 356 g/mol. The highest BCUT2D eigenvalue weighted by atomic mass is 16.5. The number of hydrogen-bond donors (Lipinski definition) is 2. The molecule has 7 nitrogen and oxygen atoms in total. The number of anilines is 1. The molecule has 7 heteroatoms. The minimum atomic E-state index is -0.241. The smallest absolute Gasteiger partial charge is 0.251 e. The Morgan fingerprint density at radius 2 is 1.79 bits per heavy atom. The van der Waals surface area contributed by atoms with Gasteiger partial charge in [-0.05, 0) is 37.6 Å². The van der Waals surface area contributed by atoms with E-state index < -0.39 is 0 Å². The van der Waals surface area contributed by atoms with Crippen LogP contribution in [0.15, 0.2) is 47.0 Å². The van der Waals surface area contributed by atoms with E-state index >= 15 is 0 Å². The highest BCUT2D eigenvalue weighted by Gasteiger charge is 2.10. The Morgan fingerprint density at radius 1 is 1.04 bits per heavy atom. The summed E-state index contributed by atoms with van der Waals surface area (Å²) in [5.74, 6) is 0.577. The maximum atomic E-state index is 12.2. The molecule has 0 unspecified atom stereocenters. The summed E-state index contributed by atoms with van der Waals surface area (Å²) in [6.45, 7) is 5.92. The number of rotatable bonds is 6. The minimum absolute atomic E-state index is 0.143. The van der Waals surface area contributed by atoms with Crippen molar-refractivity contribution in [3.8, 4) is 11.4 Å². The van der Waals surface area contributed by atoms with Gasteiger partial charge >= 0.3 is 0 Å². The molecule has 0 aliphatic rings. The summed E-state index contributed by atoms with van der Waals surface area (Å²) in [5.41, 5.74) is 4.20. The van der Waals surface area contributed by atoms with Crippen molar-refractivity contribution in [2.24, 2.45) is 0 Å². The summed E-state index contributed by atoms with van der Waals surface area (Å²) < 4.78 is 4.95. The SMILES string of the molecule is Cc1ccc(NC(=O)CCNC(=O)c2ccc(-c3noc(C)n3)cc2)c(C)c1. The van der Waals surface area contributed by atoms with Gasteiger partial charge in [-0.25, -0.2) is 0 Å². The normalized spacial score (nSPS) is 10.5. The van der Waals surface area contributed by atoms with E-state index in [0.717, 1.165) is 22.4 Å². The van der Waals surface area contributed by atoms with Crippen molar-refractivity contribution < 1.29 is 14.1 Å². The lowest BCUT2D eigenvalue weighted by atomic mass is 10.1. The fourth-order valence-electron chi connectivity index (χ4n) is 2.75. The largest absolute Gasteiger partial charge is 0.352 e. The molecule has 0 bridgehead atoms. The average molecular weight is 378 g/mol. The van der Waals surface area contributed by atoms with Crippen molar-refractivity contribution in [1.82, 2.24) is 15.5 Å². The first-order valence-corrected chi connectivity index (χ1v) is 8.98. The van der Waals surface area contributed by atoms with Gasteiger partial charge in [-0.15, -0.1) is 0 Å². The quantitative estimate of drug-likeness (QED) is 0.685. The molecule has 2 aromatic carbocycles. The summed E-state index contributed by atoms with van der Waals surface area (Å²) in [6.07, 6.45) is 0.194. The number of amides is 2. The molecule has 0 aliphatic carbocycles. The Balaban J connectivity index is 1.49. The molecule has 0 fully saturated rings. The molecule has 0 radical (unpaired) electrons. The fraction of sp³-hybridized carbons (Fsp3) is 0.238. The van der Waals surface area contributed by atoms with Gasteiger partial charge in [0.25, 0.3) is 5.91 Å². The lowest BCUT2D eigenvalue weighted by Gasteiger charge is -2.10. The Kier molecular flexibility index (Phi) is 5.84. The van der Waals surface area contributed by atoms with Gasteiger partial charge in [-0.2, -0.15) is 4.98 Å². The molecule has 0 atom stereocenters. The van der Waals surface area contributed by atoms with Crippen LogP contribution < -0.4 is 10.6 Å². The van der Waals surface area contributed by atoms with E-state index in [-0.39, 0.29) is 24.8 Å². The van der Waals surface area contributed by atoms with E-state index in [2.05, 4.69) is 20.8 Å². The van der Waals surface area contributed by atoms with Gasteiger partial charge in [-0.3, -0.25) is 9.59 Å². The Morgan fingerprint density at radius 3 is 2.43 bits per heavy atom. The molecule has 3 rings (SSSR count). The van der Waals surface area contributed by atoms with Gasteiger partial charge < -0.3 is 15.2 Å². The molecule has 0 saturated carbocycles. The number of carbonyl (C=O) groups is 2. The van der Waals surface area contributed by atoms with Crippen LogP contribution in [-0.2, 0) is 4.79 Å². The summed E-state index contributed by atoms with van der Waals surface area (Å²) in [5, 5.41) is 9.46. The molecular formula is C21H22N4O3. The zero-order valence-corrected chi connectivity index (χ0v) is 16.1. The molecule has 1 heterocycles. The maximum Gasteiger partial charge on any atom is 0.251 e. The standard InChI is InChI=1S/C21H22N4O3/c1-13-4-9-18(14(2)12-13)24-19(26)10-11-22-21(27)17-7-5-16(6-8-17)20-23-15(3)28-25-20/h4-9,12H,10-11H2,1-3H3,(H,22,27)(H,24,26). The summed E-state index contributed by atoms with van der Waals surface area (Å²) in [7, 11) is 0. The van der Waals surface area contributed by atoms with Crippen LogP contribution in [0.4, 0.5) is 5.69 Å². The summed E-state index contributed by atoms with van der Waals surface area (Å²) in [6, 6.07) is 12.7. The molecule has 144 valence electrons. The first kappa shape index (κ1) is 19.3. The van der Waals surface area contributed by atoms with Gasteiger partial charge in [0.2, 0.25) is 17.6 Å². The number of aryl methyl sites for hydroxylation is 3. The van der Waals surface area contributed by atoms with Crippen molar-refractivity contribution in [3.63, 3.8) is 0 Å². The van der Waals surface area contributed by atoms with Crippen LogP contribution in [0, 0.1) is 20.8 Å². The van der Waals surface area contributed by atoms with Crippen LogP contribution in [-0.4, -0.2) is 28.5 Å². The Labute approximate surface area is 163 Å². The average Bonchev–Trinajstić information content (AvgIpc) is 3.10. The number of hydrogen-bond acceptors (Lipinski definition) is 5. The third-order valence-corrected chi connectivity index (χ3v) is 4.23. The number of nitrogens with one attached hydrogen (secondary N) is 2. The third kappa shape index (κ3) is 4.82. The highest BCUT2D eigenvalue weighted by molar-refractivity contribution is 5.95. The van der Waals surface area contributed by atoms with Crippen LogP contribution in [0.2, 0.25) is 0 Å². The van der Waals surface area contributed by atoms with Crippen LogP contribution in [0.3, 0.4) is 0 Å². The molecule has 2 amide bonds. The van der Waals surface area contributed by atoms with Gasteiger partial charge in [0, 0.05) is 36.7 Å². The van der Waals surface area contributed by atoms with E-state index in [1.165, 1.54) is 0 Å². The lowest BCUT2D eigenvalue weighted by molar-refractivity contribution is -0.116. The van der Waals surface area contributed by atoms with Crippen molar-refractivity contribution in [3.05, 3.63) is 65.0 Å². The molecule has 0 saturated heterocycles. The van der Waals surface area contributed by atoms with Crippen molar-refractivity contribution >= 4 is 17.5 Å². The van der Waals surface area contributed by atoms with E-state index in [1.807, 2.05) is 32.0 Å². The number of aromatic nitrogens is 2. The molecule has 1 aromatic heterocycles. The molecule has 2 N–H and O–H groups in total. The predicted octanol–water partition coefficient (Wildman–Crippen LogP) is 3.42. The van der Waals surface area contributed by atoms with Crippen LogP contribution in [0.1, 0.15) is 33.8 Å². The van der Waals surface area contributed by atoms with Gasteiger partial charge in [0.05, 0.1) is 0 Å². The lowest BCUT2D eigenvalue weighted by Crippen LogP contribution is -2.27. The minimum Gasteiger partial charge on any atom is -0.352 e.